The summed E-state index contributed by atoms with van der Waals surface area (Å²) >= 11 is 11.6. The second-order valence-electron chi connectivity index (χ2n) is 5.32. The lowest BCUT2D eigenvalue weighted by atomic mass is 9.94. The van der Waals surface area contributed by atoms with Crippen molar-refractivity contribution >= 4 is 49.0 Å². The first-order chi connectivity index (χ1) is 10.3. The molecule has 0 saturated heterocycles. The van der Waals surface area contributed by atoms with E-state index in [-0.39, 0.29) is 0 Å². The Kier molecular flexibility index (Phi) is 4.99. The number of hydrogen-bond donors (Lipinski definition) is 0. The van der Waals surface area contributed by atoms with Crippen molar-refractivity contribution < 1.29 is 0 Å². The van der Waals surface area contributed by atoms with Crippen molar-refractivity contribution in [3.8, 4) is 0 Å². The van der Waals surface area contributed by atoms with Crippen LogP contribution in [0.15, 0.2) is 58.4 Å². The van der Waals surface area contributed by atoms with Gasteiger partial charge in [-0.3, -0.25) is 0 Å². The summed E-state index contributed by atoms with van der Waals surface area (Å²) < 4.78 is 2.50. The maximum atomic E-state index is 6.22. The normalized spacial score (nSPS) is 12.7. The molecule has 0 N–H and O–H groups in total. The smallest absolute Gasteiger partial charge is 0.0345 e. The van der Waals surface area contributed by atoms with Gasteiger partial charge in [0.2, 0.25) is 0 Å². The van der Waals surface area contributed by atoms with Crippen molar-refractivity contribution in [3.05, 3.63) is 69.5 Å². The van der Waals surface area contributed by atoms with E-state index in [1.54, 1.807) is 0 Å². The fourth-order valence-electron chi connectivity index (χ4n) is 2.68. The Morgan fingerprint density at radius 3 is 2.71 bits per heavy atom. The average Bonchev–Trinajstić information content (AvgIpc) is 2.90. The predicted molar refractivity (Wildman–Crippen MR) is 97.6 cm³/mol. The number of halogens is 2. The summed E-state index contributed by atoms with van der Waals surface area (Å²) in [5.74, 6) is 1.16. The van der Waals surface area contributed by atoms with Gasteiger partial charge in [0.1, 0.15) is 0 Å². The first kappa shape index (κ1) is 15.1. The van der Waals surface area contributed by atoms with E-state index < -0.39 is 0 Å². The van der Waals surface area contributed by atoms with Gasteiger partial charge >= 0.3 is 0 Å². The van der Waals surface area contributed by atoms with Crippen molar-refractivity contribution in [2.24, 2.45) is 5.92 Å². The van der Waals surface area contributed by atoms with E-state index in [1.807, 2.05) is 11.3 Å². The Morgan fingerprint density at radius 1 is 1.05 bits per heavy atom. The number of benzene rings is 2. The van der Waals surface area contributed by atoms with E-state index in [2.05, 4.69) is 69.8 Å². The highest BCUT2D eigenvalue weighted by Gasteiger charge is 2.13. The zero-order valence-electron chi connectivity index (χ0n) is 11.6. The van der Waals surface area contributed by atoms with Gasteiger partial charge in [-0.05, 0) is 58.9 Å². The van der Waals surface area contributed by atoms with Gasteiger partial charge in [0.05, 0.1) is 0 Å². The Labute approximate surface area is 142 Å². The SMILES string of the molecule is ClCC(Cc1cccc(Br)c1)Cc1csc2ccccc12. The topological polar surface area (TPSA) is 0 Å². The van der Waals surface area contributed by atoms with Crippen molar-refractivity contribution in [2.75, 3.05) is 5.88 Å². The number of thiophene rings is 1. The summed E-state index contributed by atoms with van der Waals surface area (Å²) in [6, 6.07) is 17.1. The van der Waals surface area contributed by atoms with Crippen LogP contribution in [0.2, 0.25) is 0 Å². The van der Waals surface area contributed by atoms with Crippen molar-refractivity contribution in [3.63, 3.8) is 0 Å². The van der Waals surface area contributed by atoms with E-state index in [0.717, 1.165) is 17.3 Å². The molecule has 0 amide bonds. The molecule has 3 heteroatoms. The number of hydrogen-bond acceptors (Lipinski definition) is 1. The Morgan fingerprint density at radius 2 is 1.90 bits per heavy atom. The number of rotatable bonds is 5. The molecule has 1 atom stereocenters. The average molecular weight is 380 g/mol. The van der Waals surface area contributed by atoms with Gasteiger partial charge < -0.3 is 0 Å². The zero-order valence-corrected chi connectivity index (χ0v) is 14.7. The van der Waals surface area contributed by atoms with Crippen LogP contribution in [0.5, 0.6) is 0 Å². The van der Waals surface area contributed by atoms with E-state index in [4.69, 9.17) is 11.6 Å². The lowest BCUT2D eigenvalue weighted by molar-refractivity contribution is 0.587. The third-order valence-electron chi connectivity index (χ3n) is 3.70. The van der Waals surface area contributed by atoms with Gasteiger partial charge in [-0.2, -0.15) is 0 Å². The summed E-state index contributed by atoms with van der Waals surface area (Å²) in [7, 11) is 0. The Bertz CT molecular complexity index is 735. The molecule has 2 aromatic carbocycles. The quantitative estimate of drug-likeness (QED) is 0.456. The third kappa shape index (κ3) is 3.68. The summed E-state index contributed by atoms with van der Waals surface area (Å²) in [6.07, 6.45) is 2.06. The number of fused-ring (bicyclic) bond motifs is 1. The monoisotopic (exact) mass is 378 g/mol. The molecule has 108 valence electrons. The molecule has 3 rings (SSSR count). The lowest BCUT2D eigenvalue weighted by Gasteiger charge is -2.14. The summed E-state index contributed by atoms with van der Waals surface area (Å²) in [5.41, 5.74) is 2.77. The highest BCUT2D eigenvalue weighted by Crippen LogP contribution is 2.29. The second-order valence-corrected chi connectivity index (χ2v) is 7.45. The minimum Gasteiger partial charge on any atom is -0.144 e. The number of alkyl halides is 1. The molecular weight excluding hydrogens is 364 g/mol. The van der Waals surface area contributed by atoms with Gasteiger partial charge in [-0.1, -0.05) is 46.3 Å². The molecule has 1 unspecified atom stereocenters. The maximum Gasteiger partial charge on any atom is 0.0345 e. The van der Waals surface area contributed by atoms with Crippen LogP contribution in [0, 0.1) is 5.92 Å². The van der Waals surface area contributed by atoms with Gasteiger partial charge in [0.25, 0.3) is 0 Å². The molecule has 1 aromatic heterocycles. The van der Waals surface area contributed by atoms with E-state index in [1.165, 1.54) is 21.2 Å². The van der Waals surface area contributed by atoms with Crippen molar-refractivity contribution in [1.29, 1.82) is 0 Å². The van der Waals surface area contributed by atoms with Crippen LogP contribution in [-0.4, -0.2) is 5.88 Å². The molecule has 0 aliphatic heterocycles. The van der Waals surface area contributed by atoms with Crippen LogP contribution < -0.4 is 0 Å². The van der Waals surface area contributed by atoms with Gasteiger partial charge in [0.15, 0.2) is 0 Å². The van der Waals surface area contributed by atoms with Gasteiger partial charge in [-0.15, -0.1) is 22.9 Å². The largest absolute Gasteiger partial charge is 0.144 e. The first-order valence-corrected chi connectivity index (χ1v) is 9.22. The molecule has 0 aliphatic rings. The summed E-state index contributed by atoms with van der Waals surface area (Å²) in [4.78, 5) is 0. The Hall–Kier alpha value is -0.830. The molecule has 0 bridgehead atoms. The first-order valence-electron chi connectivity index (χ1n) is 7.02. The molecule has 0 fully saturated rings. The minimum atomic E-state index is 0.471. The zero-order chi connectivity index (χ0) is 14.7. The second kappa shape index (κ2) is 6.95. The molecule has 0 saturated carbocycles. The van der Waals surface area contributed by atoms with Gasteiger partial charge in [0, 0.05) is 15.1 Å². The minimum absolute atomic E-state index is 0.471. The molecule has 0 nitrogen and oxygen atoms in total. The van der Waals surface area contributed by atoms with Crippen LogP contribution in [-0.2, 0) is 12.8 Å². The Balaban J connectivity index is 1.78. The molecule has 0 aliphatic carbocycles. The summed E-state index contributed by atoms with van der Waals surface area (Å²) in [6.45, 7) is 0. The molecule has 0 spiro atoms. The third-order valence-corrected chi connectivity index (χ3v) is 5.64. The molecular formula is C18H16BrClS. The molecule has 1 heterocycles. The van der Waals surface area contributed by atoms with Crippen molar-refractivity contribution in [1.82, 2.24) is 0 Å². The molecule has 21 heavy (non-hydrogen) atoms. The standard InChI is InChI=1S/C18H16BrClS/c19-16-5-3-4-13(10-16)8-14(11-20)9-15-12-21-18-7-2-1-6-17(15)18/h1-7,10,12,14H,8-9,11H2. The van der Waals surface area contributed by atoms with Gasteiger partial charge in [-0.25, -0.2) is 0 Å². The lowest BCUT2D eigenvalue weighted by Crippen LogP contribution is -2.10. The fourth-order valence-corrected chi connectivity index (χ4v) is 4.32. The maximum absolute atomic E-state index is 6.22. The van der Waals surface area contributed by atoms with Crippen LogP contribution in [0.4, 0.5) is 0 Å². The highest BCUT2D eigenvalue weighted by atomic mass is 79.9. The summed E-state index contributed by atoms with van der Waals surface area (Å²) in [5, 5.41) is 3.66. The van der Waals surface area contributed by atoms with Crippen LogP contribution >= 0.6 is 38.9 Å². The van der Waals surface area contributed by atoms with Crippen LogP contribution in [0.25, 0.3) is 10.1 Å². The van der Waals surface area contributed by atoms with Crippen LogP contribution in [0.1, 0.15) is 11.1 Å². The van der Waals surface area contributed by atoms with Crippen LogP contribution in [0.3, 0.4) is 0 Å². The van der Waals surface area contributed by atoms with Crippen molar-refractivity contribution in [2.45, 2.75) is 12.8 Å². The molecule has 0 radical (unpaired) electrons. The highest BCUT2D eigenvalue weighted by molar-refractivity contribution is 9.10. The van der Waals surface area contributed by atoms with E-state index >= 15 is 0 Å². The fraction of sp³-hybridized carbons (Fsp3) is 0.222. The van der Waals surface area contributed by atoms with E-state index in [0.29, 0.717) is 11.8 Å². The van der Waals surface area contributed by atoms with E-state index in [9.17, 15) is 0 Å². The molecule has 3 aromatic rings. The predicted octanol–water partition coefficient (Wildman–Crippen LogP) is 6.30.